The molecule has 102 valence electrons. The van der Waals surface area contributed by atoms with Gasteiger partial charge in [0, 0.05) is 46.5 Å². The van der Waals surface area contributed by atoms with Crippen molar-refractivity contribution in [2.45, 2.75) is 48.5 Å². The lowest BCUT2D eigenvalue weighted by Gasteiger charge is -2.34. The molecule has 0 radical (unpaired) electrons. The largest absolute Gasteiger partial charge is 0.327 e. The van der Waals surface area contributed by atoms with E-state index < -0.39 is 0 Å². The summed E-state index contributed by atoms with van der Waals surface area (Å²) in [5.74, 6) is 1.20. The van der Waals surface area contributed by atoms with E-state index in [2.05, 4.69) is 48.5 Å². The Morgan fingerprint density at radius 1 is 1.50 bits per heavy atom. The number of hydrogen-bond donors (Lipinski definition) is 1. The van der Waals surface area contributed by atoms with Crippen LogP contribution in [0.15, 0.2) is 12.3 Å². The summed E-state index contributed by atoms with van der Waals surface area (Å²) in [5, 5.41) is 6.28. The zero-order valence-corrected chi connectivity index (χ0v) is 13.0. The monoisotopic (exact) mass is 285 g/mol. The van der Waals surface area contributed by atoms with E-state index in [0.29, 0.717) is 11.3 Å². The number of nitrogens with zero attached hydrogens (tertiary/aromatic N) is 2. The predicted molar refractivity (Wildman–Crippen MR) is 82.3 cm³/mol. The van der Waals surface area contributed by atoms with E-state index in [1.807, 2.05) is 17.9 Å². The van der Waals surface area contributed by atoms with Gasteiger partial charge in [-0.2, -0.15) is 28.6 Å². The van der Waals surface area contributed by atoms with Gasteiger partial charge in [-0.1, -0.05) is 13.8 Å². The van der Waals surface area contributed by atoms with Crippen molar-refractivity contribution in [1.82, 2.24) is 9.78 Å². The van der Waals surface area contributed by atoms with Crippen LogP contribution in [0.2, 0.25) is 0 Å². The number of aromatic nitrogens is 2. The molecule has 1 aromatic heterocycles. The molecule has 4 atom stereocenters. The molecular weight excluding hydrogens is 262 g/mol. The van der Waals surface area contributed by atoms with Crippen LogP contribution in [0.4, 0.5) is 0 Å². The van der Waals surface area contributed by atoms with Gasteiger partial charge in [-0.15, -0.1) is 0 Å². The molecule has 0 saturated carbocycles. The van der Waals surface area contributed by atoms with Crippen molar-refractivity contribution in [2.75, 3.05) is 5.75 Å². The highest BCUT2D eigenvalue weighted by Gasteiger charge is 2.29. The number of aryl methyl sites for hydroxylation is 2. The first-order valence-electron chi connectivity index (χ1n) is 6.57. The molecule has 0 spiro atoms. The highest BCUT2D eigenvalue weighted by atomic mass is 32.2. The minimum Gasteiger partial charge on any atom is -0.327 e. The summed E-state index contributed by atoms with van der Waals surface area (Å²) in [6.45, 7) is 4.64. The Kier molecular flexibility index (Phi) is 5.04. The Hall–Kier alpha value is -0.130. The van der Waals surface area contributed by atoms with E-state index in [-0.39, 0.29) is 0 Å². The van der Waals surface area contributed by atoms with Crippen LogP contribution >= 0.6 is 23.5 Å². The number of thioether (sulfide) groups is 2. The van der Waals surface area contributed by atoms with Crippen molar-refractivity contribution >= 4 is 23.5 Å². The predicted octanol–water partition coefficient (Wildman–Crippen LogP) is 2.31. The van der Waals surface area contributed by atoms with Crippen molar-refractivity contribution in [3.05, 3.63) is 18.0 Å². The lowest BCUT2D eigenvalue weighted by Crippen LogP contribution is -2.40. The van der Waals surface area contributed by atoms with E-state index in [1.165, 1.54) is 11.4 Å². The fourth-order valence-electron chi connectivity index (χ4n) is 2.18. The molecule has 3 nitrogen and oxygen atoms in total. The van der Waals surface area contributed by atoms with Crippen LogP contribution in [0.5, 0.6) is 0 Å². The van der Waals surface area contributed by atoms with Gasteiger partial charge in [0.25, 0.3) is 0 Å². The maximum atomic E-state index is 6.36. The summed E-state index contributed by atoms with van der Waals surface area (Å²) >= 11 is 4.15. The maximum Gasteiger partial charge on any atom is 0.0492 e. The second-order valence-electron chi connectivity index (χ2n) is 5.07. The second kappa shape index (κ2) is 6.35. The molecule has 18 heavy (non-hydrogen) atoms. The minimum absolute atomic E-state index is 0.298. The first kappa shape index (κ1) is 14.3. The maximum absolute atomic E-state index is 6.36. The Morgan fingerprint density at radius 2 is 2.28 bits per heavy atom. The van der Waals surface area contributed by atoms with Crippen LogP contribution in [-0.2, 0) is 13.5 Å². The number of nitrogens with two attached hydrogens (primary N) is 1. The van der Waals surface area contributed by atoms with Gasteiger partial charge < -0.3 is 5.73 Å². The fourth-order valence-corrected chi connectivity index (χ4v) is 5.28. The molecule has 1 aliphatic heterocycles. The number of hydrogen-bond acceptors (Lipinski definition) is 4. The highest BCUT2D eigenvalue weighted by molar-refractivity contribution is 8.07. The second-order valence-corrected chi connectivity index (χ2v) is 8.10. The molecule has 0 bridgehead atoms. The molecule has 1 saturated heterocycles. The van der Waals surface area contributed by atoms with Crippen LogP contribution in [0.1, 0.15) is 26.0 Å². The summed E-state index contributed by atoms with van der Waals surface area (Å²) in [5.41, 5.74) is 7.64. The summed E-state index contributed by atoms with van der Waals surface area (Å²) in [6.07, 6.45) is 3.94. The molecule has 2 rings (SSSR count). The zero-order valence-electron chi connectivity index (χ0n) is 11.4. The van der Waals surface area contributed by atoms with Crippen LogP contribution < -0.4 is 5.73 Å². The Morgan fingerprint density at radius 3 is 2.89 bits per heavy atom. The quantitative estimate of drug-likeness (QED) is 0.922. The smallest absolute Gasteiger partial charge is 0.0492 e. The topological polar surface area (TPSA) is 43.8 Å². The van der Waals surface area contributed by atoms with E-state index in [4.69, 9.17) is 5.73 Å². The van der Waals surface area contributed by atoms with Gasteiger partial charge in [0.15, 0.2) is 0 Å². The molecular formula is C13H23N3S2. The van der Waals surface area contributed by atoms with Gasteiger partial charge in [0.05, 0.1) is 0 Å². The minimum atomic E-state index is 0.298. The van der Waals surface area contributed by atoms with Gasteiger partial charge in [-0.3, -0.25) is 4.68 Å². The Balaban J connectivity index is 1.81. The van der Waals surface area contributed by atoms with Crippen molar-refractivity contribution in [1.29, 1.82) is 0 Å². The normalized spacial score (nSPS) is 30.3. The molecule has 2 N–H and O–H groups in total. The molecule has 4 unspecified atom stereocenters. The summed E-state index contributed by atoms with van der Waals surface area (Å²) in [6, 6.07) is 2.38. The van der Waals surface area contributed by atoms with Crippen molar-refractivity contribution in [3.8, 4) is 0 Å². The summed E-state index contributed by atoms with van der Waals surface area (Å²) in [7, 11) is 2.00. The average Bonchev–Trinajstić information content (AvgIpc) is 2.75. The third kappa shape index (κ3) is 3.45. The van der Waals surface area contributed by atoms with Crippen molar-refractivity contribution in [3.63, 3.8) is 0 Å². The molecule has 2 heterocycles. The molecule has 0 aromatic carbocycles. The molecule has 1 fully saturated rings. The van der Waals surface area contributed by atoms with E-state index in [9.17, 15) is 0 Å². The van der Waals surface area contributed by atoms with Crippen molar-refractivity contribution in [2.24, 2.45) is 12.8 Å². The average molecular weight is 285 g/mol. The summed E-state index contributed by atoms with van der Waals surface area (Å²) < 4.78 is 1.94. The van der Waals surface area contributed by atoms with Crippen LogP contribution in [0.25, 0.3) is 0 Å². The van der Waals surface area contributed by atoms with Crippen LogP contribution in [0, 0.1) is 0 Å². The lowest BCUT2D eigenvalue weighted by atomic mass is 10.1. The third-order valence-electron chi connectivity index (χ3n) is 3.71. The first-order valence-corrected chi connectivity index (χ1v) is 8.56. The number of rotatable bonds is 4. The molecule has 1 aromatic rings. The van der Waals surface area contributed by atoms with Gasteiger partial charge >= 0.3 is 0 Å². The summed E-state index contributed by atoms with van der Waals surface area (Å²) in [4.78, 5) is 0. The SMILES string of the molecule is CC1SCC(C(N)CCc2ccnn2C)SC1C. The van der Waals surface area contributed by atoms with Crippen LogP contribution in [-0.4, -0.2) is 37.3 Å². The molecule has 5 heteroatoms. The lowest BCUT2D eigenvalue weighted by molar-refractivity contribution is 0.583. The molecule has 0 amide bonds. The van der Waals surface area contributed by atoms with Gasteiger partial charge in [-0.25, -0.2) is 0 Å². The van der Waals surface area contributed by atoms with Crippen molar-refractivity contribution < 1.29 is 0 Å². The molecule has 0 aliphatic carbocycles. The van der Waals surface area contributed by atoms with E-state index in [1.54, 1.807) is 0 Å². The highest BCUT2D eigenvalue weighted by Crippen LogP contribution is 2.37. The molecule has 1 aliphatic rings. The van der Waals surface area contributed by atoms with Gasteiger partial charge in [-0.05, 0) is 18.9 Å². The van der Waals surface area contributed by atoms with E-state index >= 15 is 0 Å². The Bertz CT molecular complexity index is 380. The first-order chi connectivity index (χ1) is 8.58. The van der Waals surface area contributed by atoms with E-state index in [0.717, 1.165) is 23.3 Å². The fraction of sp³-hybridized carbons (Fsp3) is 0.769. The Labute approximate surface area is 118 Å². The van der Waals surface area contributed by atoms with Gasteiger partial charge in [0.2, 0.25) is 0 Å². The third-order valence-corrected chi connectivity index (χ3v) is 7.28. The van der Waals surface area contributed by atoms with Crippen LogP contribution in [0.3, 0.4) is 0 Å². The zero-order chi connectivity index (χ0) is 13.1. The van der Waals surface area contributed by atoms with Gasteiger partial charge in [0.1, 0.15) is 0 Å². The standard InChI is InChI=1S/C13H23N3S2/c1-9-10(2)18-13(8-17-9)12(14)5-4-11-6-7-15-16(11)3/h6-7,9-10,12-13H,4-5,8,14H2,1-3H3.